The summed E-state index contributed by atoms with van der Waals surface area (Å²) in [5.41, 5.74) is 5.32. The van der Waals surface area contributed by atoms with Crippen LogP contribution in [-0.2, 0) is 14.8 Å². The van der Waals surface area contributed by atoms with E-state index in [2.05, 4.69) is 22.3 Å². The van der Waals surface area contributed by atoms with Crippen molar-refractivity contribution in [3.8, 4) is 0 Å². The van der Waals surface area contributed by atoms with Crippen molar-refractivity contribution >= 4 is 33.1 Å². The summed E-state index contributed by atoms with van der Waals surface area (Å²) in [6, 6.07) is 0. The van der Waals surface area contributed by atoms with Gasteiger partial charge in [-0.15, -0.1) is 0 Å². The van der Waals surface area contributed by atoms with Crippen LogP contribution in [0.1, 0.15) is 19.8 Å². The van der Waals surface area contributed by atoms with E-state index >= 15 is 0 Å². The number of carbonyl (C=O) groups excluding carboxylic acids is 1. The smallest absolute Gasteiger partial charge is 0.221 e. The molecule has 0 heterocycles. The third-order valence-electron chi connectivity index (χ3n) is 2.00. The summed E-state index contributed by atoms with van der Waals surface area (Å²) in [5, 5.41) is 1.51. The number of sulfonamides is 1. The molecule has 0 fully saturated rings. The predicted octanol–water partition coefficient (Wildman–Crippen LogP) is -0.893. The van der Waals surface area contributed by atoms with Crippen molar-refractivity contribution in [1.82, 2.24) is 10.0 Å². The van der Waals surface area contributed by atoms with E-state index in [1.54, 1.807) is 6.92 Å². The zero-order chi connectivity index (χ0) is 12.8. The Hall–Kier alpha value is -0.730. The van der Waals surface area contributed by atoms with Crippen LogP contribution in [0.15, 0.2) is 0 Å². The minimum absolute atomic E-state index is 0.0428. The molecule has 0 saturated carbocycles. The van der Waals surface area contributed by atoms with Gasteiger partial charge in [0, 0.05) is 20.0 Å². The van der Waals surface area contributed by atoms with Crippen molar-refractivity contribution in [2.24, 2.45) is 5.73 Å². The molecule has 0 saturated heterocycles. The molecule has 4 N–H and O–H groups in total. The number of hydrogen-bond acceptors (Lipinski definition) is 4. The second-order valence-electron chi connectivity index (χ2n) is 3.16. The zero-order valence-corrected chi connectivity index (χ0v) is 11.0. The van der Waals surface area contributed by atoms with Crippen LogP contribution in [0.3, 0.4) is 0 Å². The van der Waals surface area contributed by atoms with Gasteiger partial charge in [-0.3, -0.25) is 4.79 Å². The maximum Gasteiger partial charge on any atom is 0.221 e. The highest BCUT2D eigenvalue weighted by molar-refractivity contribution is 7.93. The maximum atomic E-state index is 11.7. The minimum Gasteiger partial charge on any atom is -0.392 e. The van der Waals surface area contributed by atoms with Gasteiger partial charge in [-0.2, -0.15) is 0 Å². The molecule has 0 radical (unpaired) electrons. The van der Waals surface area contributed by atoms with Gasteiger partial charge in [0.2, 0.25) is 15.9 Å². The van der Waals surface area contributed by atoms with Gasteiger partial charge in [0.05, 0.1) is 4.99 Å². The third-order valence-corrected chi connectivity index (χ3v) is 4.37. The molecule has 0 aliphatic rings. The van der Waals surface area contributed by atoms with Crippen LogP contribution >= 0.6 is 12.2 Å². The van der Waals surface area contributed by atoms with Gasteiger partial charge < -0.3 is 11.1 Å². The molecule has 0 bridgehead atoms. The van der Waals surface area contributed by atoms with Crippen LogP contribution < -0.4 is 15.8 Å². The molecule has 0 rings (SSSR count). The number of amides is 1. The monoisotopic (exact) mass is 267 g/mol. The number of nitrogens with one attached hydrogen (secondary N) is 2. The number of nitrogens with two attached hydrogens (primary N) is 1. The molecule has 8 heteroatoms. The molecule has 6 nitrogen and oxygen atoms in total. The average Bonchev–Trinajstić information content (AvgIpc) is 2.16. The first kappa shape index (κ1) is 15.3. The summed E-state index contributed by atoms with van der Waals surface area (Å²) in [6.07, 6.45) is 0.397. The molecule has 1 unspecified atom stereocenters. The third kappa shape index (κ3) is 4.86. The van der Waals surface area contributed by atoms with Crippen molar-refractivity contribution in [3.63, 3.8) is 0 Å². The molecule has 94 valence electrons. The molecule has 0 aliphatic carbocycles. The lowest BCUT2D eigenvalue weighted by Crippen LogP contribution is -2.42. The minimum atomic E-state index is -3.57. The van der Waals surface area contributed by atoms with E-state index in [4.69, 9.17) is 5.73 Å². The Labute approximate surface area is 101 Å². The summed E-state index contributed by atoms with van der Waals surface area (Å²) < 4.78 is 25.6. The Morgan fingerprint density at radius 3 is 2.44 bits per heavy atom. The van der Waals surface area contributed by atoms with E-state index in [1.165, 1.54) is 7.05 Å². The SMILES string of the molecule is CCC(C(N)=S)S(=O)(=O)NCCC(=O)NC. The van der Waals surface area contributed by atoms with Crippen molar-refractivity contribution in [1.29, 1.82) is 0 Å². The second kappa shape index (κ2) is 6.77. The van der Waals surface area contributed by atoms with Crippen molar-refractivity contribution in [2.75, 3.05) is 13.6 Å². The van der Waals surface area contributed by atoms with Gasteiger partial charge in [0.1, 0.15) is 5.25 Å². The van der Waals surface area contributed by atoms with Crippen LogP contribution in [0.5, 0.6) is 0 Å². The first-order chi connectivity index (χ1) is 7.35. The maximum absolute atomic E-state index is 11.7. The summed E-state index contributed by atoms with van der Waals surface area (Å²) in [6.45, 7) is 1.73. The number of hydrogen-bond donors (Lipinski definition) is 3. The summed E-state index contributed by atoms with van der Waals surface area (Å²) >= 11 is 4.67. The zero-order valence-electron chi connectivity index (χ0n) is 9.32. The van der Waals surface area contributed by atoms with Gasteiger partial charge in [-0.1, -0.05) is 19.1 Å². The quantitative estimate of drug-likeness (QED) is 0.519. The molecule has 0 aliphatic heterocycles. The fraction of sp³-hybridized carbons (Fsp3) is 0.750. The fourth-order valence-corrected chi connectivity index (χ4v) is 2.99. The van der Waals surface area contributed by atoms with Gasteiger partial charge >= 0.3 is 0 Å². The van der Waals surface area contributed by atoms with Gasteiger partial charge in [0.15, 0.2) is 0 Å². The normalized spacial score (nSPS) is 13.1. The molecule has 0 aromatic carbocycles. The second-order valence-corrected chi connectivity index (χ2v) is 5.58. The van der Waals surface area contributed by atoms with Gasteiger partial charge in [-0.25, -0.2) is 13.1 Å². The molecule has 16 heavy (non-hydrogen) atoms. The largest absolute Gasteiger partial charge is 0.392 e. The topological polar surface area (TPSA) is 101 Å². The Morgan fingerprint density at radius 1 is 1.50 bits per heavy atom. The van der Waals surface area contributed by atoms with Crippen molar-refractivity contribution < 1.29 is 13.2 Å². The standard InChI is InChI=1S/C8H17N3O3S2/c1-3-6(8(9)15)16(13,14)11-5-4-7(12)10-2/h6,11H,3-5H2,1-2H3,(H2,9,15)(H,10,12). The Morgan fingerprint density at radius 2 is 2.06 bits per heavy atom. The highest BCUT2D eigenvalue weighted by atomic mass is 32.2. The Balaban J connectivity index is 4.35. The highest BCUT2D eigenvalue weighted by Gasteiger charge is 2.25. The Kier molecular flexibility index (Phi) is 6.46. The van der Waals surface area contributed by atoms with E-state index in [0.717, 1.165) is 0 Å². The van der Waals surface area contributed by atoms with Crippen molar-refractivity contribution in [3.05, 3.63) is 0 Å². The van der Waals surface area contributed by atoms with Crippen LogP contribution in [0.4, 0.5) is 0 Å². The molecular formula is C8H17N3O3S2. The average molecular weight is 267 g/mol. The lowest BCUT2D eigenvalue weighted by molar-refractivity contribution is -0.120. The Bertz CT molecular complexity index is 354. The van der Waals surface area contributed by atoms with E-state index in [0.29, 0.717) is 6.42 Å². The lowest BCUT2D eigenvalue weighted by atomic mass is 10.3. The van der Waals surface area contributed by atoms with Crippen molar-refractivity contribution in [2.45, 2.75) is 25.0 Å². The van der Waals surface area contributed by atoms with Gasteiger partial charge in [-0.05, 0) is 6.42 Å². The molecule has 1 atom stereocenters. The van der Waals surface area contributed by atoms with Crippen LogP contribution in [-0.4, -0.2) is 38.2 Å². The van der Waals surface area contributed by atoms with E-state index in [1.807, 2.05) is 0 Å². The first-order valence-electron chi connectivity index (χ1n) is 4.83. The van der Waals surface area contributed by atoms with Gasteiger partial charge in [0.25, 0.3) is 0 Å². The number of thiocarbonyl (C=S) groups is 1. The number of rotatable bonds is 7. The molecule has 0 aromatic heterocycles. The van der Waals surface area contributed by atoms with E-state index in [9.17, 15) is 13.2 Å². The number of carbonyl (C=O) groups is 1. The summed E-state index contributed by atoms with van der Waals surface area (Å²) in [5.74, 6) is -0.230. The first-order valence-corrected chi connectivity index (χ1v) is 6.79. The fourth-order valence-electron chi connectivity index (χ4n) is 1.11. The summed E-state index contributed by atoms with van der Waals surface area (Å²) in [4.78, 5) is 10.8. The molecule has 0 spiro atoms. The highest BCUT2D eigenvalue weighted by Crippen LogP contribution is 2.04. The van der Waals surface area contributed by atoms with Crippen LogP contribution in [0.2, 0.25) is 0 Å². The summed E-state index contributed by atoms with van der Waals surface area (Å²) in [7, 11) is -2.08. The van der Waals surface area contributed by atoms with Crippen LogP contribution in [0, 0.1) is 0 Å². The molecular weight excluding hydrogens is 250 g/mol. The lowest BCUT2D eigenvalue weighted by Gasteiger charge is -2.14. The molecule has 1 amide bonds. The van der Waals surface area contributed by atoms with Crippen LogP contribution in [0.25, 0.3) is 0 Å². The van der Waals surface area contributed by atoms with E-state index in [-0.39, 0.29) is 23.9 Å². The van der Waals surface area contributed by atoms with E-state index < -0.39 is 15.3 Å². The predicted molar refractivity (Wildman–Crippen MR) is 66.5 cm³/mol. The molecule has 0 aromatic rings.